The zero-order valence-electron chi connectivity index (χ0n) is 11.9. The van der Waals surface area contributed by atoms with Crippen LogP contribution in [0.1, 0.15) is 33.9 Å². The number of carbonyl (C=O) groups is 2. The number of amides is 2. The molecule has 4 heterocycles. The van der Waals surface area contributed by atoms with E-state index in [1.165, 1.54) is 6.26 Å². The van der Waals surface area contributed by atoms with E-state index in [-0.39, 0.29) is 23.9 Å². The Hall–Kier alpha value is -2.57. The molecule has 2 aliphatic rings. The molecule has 2 aromatic rings. The molecular formula is C15H16N4O3. The minimum absolute atomic E-state index is 0.0560. The van der Waals surface area contributed by atoms with Gasteiger partial charge < -0.3 is 14.2 Å². The van der Waals surface area contributed by atoms with Crippen molar-refractivity contribution in [1.29, 1.82) is 0 Å². The van der Waals surface area contributed by atoms with Gasteiger partial charge in [0, 0.05) is 19.3 Å². The van der Waals surface area contributed by atoms with Gasteiger partial charge in [-0.3, -0.25) is 14.7 Å². The third-order valence-electron chi connectivity index (χ3n) is 4.47. The molecule has 2 atom stereocenters. The first kappa shape index (κ1) is 13.1. The van der Waals surface area contributed by atoms with Crippen molar-refractivity contribution in [3.63, 3.8) is 0 Å². The number of piperazine rings is 1. The molecule has 0 saturated carbocycles. The highest BCUT2D eigenvalue weighted by molar-refractivity contribution is 5.94. The second-order valence-corrected chi connectivity index (χ2v) is 5.76. The Morgan fingerprint density at radius 3 is 2.55 bits per heavy atom. The van der Waals surface area contributed by atoms with Crippen LogP contribution in [-0.2, 0) is 0 Å². The van der Waals surface area contributed by atoms with Gasteiger partial charge in [-0.05, 0) is 31.0 Å². The van der Waals surface area contributed by atoms with E-state index in [2.05, 4.69) is 10.2 Å². The number of hydrogen-bond acceptors (Lipinski definition) is 4. The maximum absolute atomic E-state index is 12.5. The topological polar surface area (TPSA) is 82.4 Å². The highest BCUT2D eigenvalue weighted by Crippen LogP contribution is 2.32. The van der Waals surface area contributed by atoms with Crippen LogP contribution >= 0.6 is 0 Å². The lowest BCUT2D eigenvalue weighted by molar-refractivity contribution is 0.0338. The van der Waals surface area contributed by atoms with Crippen molar-refractivity contribution in [3.8, 4) is 0 Å². The Morgan fingerprint density at radius 1 is 1.18 bits per heavy atom. The van der Waals surface area contributed by atoms with Crippen molar-refractivity contribution in [1.82, 2.24) is 20.0 Å². The van der Waals surface area contributed by atoms with E-state index in [0.717, 1.165) is 12.8 Å². The maximum Gasteiger partial charge on any atom is 0.290 e. The number of rotatable bonds is 2. The number of furan rings is 1. The molecule has 0 radical (unpaired) electrons. The smallest absolute Gasteiger partial charge is 0.290 e. The lowest BCUT2D eigenvalue weighted by Gasteiger charge is -2.40. The molecule has 7 nitrogen and oxygen atoms in total. The number of likely N-dealkylation sites (tertiary alicyclic amines) is 1. The summed E-state index contributed by atoms with van der Waals surface area (Å²) >= 11 is 0. The van der Waals surface area contributed by atoms with Crippen molar-refractivity contribution in [3.05, 3.63) is 42.1 Å². The summed E-state index contributed by atoms with van der Waals surface area (Å²) in [7, 11) is 0. The molecule has 0 aromatic carbocycles. The first-order valence-corrected chi connectivity index (χ1v) is 7.39. The Morgan fingerprint density at radius 2 is 1.95 bits per heavy atom. The van der Waals surface area contributed by atoms with E-state index >= 15 is 0 Å². The molecule has 2 aliphatic heterocycles. The Balaban J connectivity index is 1.52. The summed E-state index contributed by atoms with van der Waals surface area (Å²) < 4.78 is 5.22. The second kappa shape index (κ2) is 5.01. The Labute approximate surface area is 126 Å². The zero-order valence-corrected chi connectivity index (χ0v) is 11.9. The minimum Gasteiger partial charge on any atom is -0.459 e. The average Bonchev–Trinajstić information content (AvgIpc) is 3.26. The van der Waals surface area contributed by atoms with Gasteiger partial charge in [0.05, 0.1) is 18.3 Å². The predicted molar refractivity (Wildman–Crippen MR) is 76.2 cm³/mol. The first-order chi connectivity index (χ1) is 10.7. The summed E-state index contributed by atoms with van der Waals surface area (Å²) in [5, 5.41) is 6.52. The van der Waals surface area contributed by atoms with Gasteiger partial charge in [-0.15, -0.1) is 0 Å². The largest absolute Gasteiger partial charge is 0.459 e. The SMILES string of the molecule is O=C(c1ccn[nH]1)N1CC2CCC(C1)N2C(=O)c1ccco1. The van der Waals surface area contributed by atoms with Crippen LogP contribution in [0, 0.1) is 0 Å². The highest BCUT2D eigenvalue weighted by Gasteiger charge is 2.44. The molecule has 2 saturated heterocycles. The van der Waals surface area contributed by atoms with Gasteiger partial charge in [0.2, 0.25) is 0 Å². The summed E-state index contributed by atoms with van der Waals surface area (Å²) in [5.74, 6) is 0.232. The van der Waals surface area contributed by atoms with E-state index < -0.39 is 0 Å². The number of fused-ring (bicyclic) bond motifs is 2. The molecular weight excluding hydrogens is 284 g/mol. The van der Waals surface area contributed by atoms with Crippen LogP contribution in [0.3, 0.4) is 0 Å². The minimum atomic E-state index is -0.0776. The van der Waals surface area contributed by atoms with E-state index in [4.69, 9.17) is 4.42 Å². The van der Waals surface area contributed by atoms with E-state index in [0.29, 0.717) is 24.5 Å². The number of nitrogens with zero attached hydrogens (tertiary/aromatic N) is 3. The van der Waals surface area contributed by atoms with Gasteiger partial charge in [-0.1, -0.05) is 0 Å². The van der Waals surface area contributed by atoms with Crippen LogP contribution in [-0.4, -0.2) is 57.0 Å². The summed E-state index contributed by atoms with van der Waals surface area (Å²) in [4.78, 5) is 28.6. The average molecular weight is 300 g/mol. The molecule has 4 rings (SSSR count). The number of hydrogen-bond donors (Lipinski definition) is 1. The van der Waals surface area contributed by atoms with Gasteiger partial charge in [0.15, 0.2) is 5.76 Å². The van der Waals surface area contributed by atoms with E-state index in [1.807, 2.05) is 9.80 Å². The predicted octanol–water partition coefficient (Wildman–Crippen LogP) is 1.13. The van der Waals surface area contributed by atoms with Crippen LogP contribution in [0.25, 0.3) is 0 Å². The van der Waals surface area contributed by atoms with Gasteiger partial charge in [0.25, 0.3) is 11.8 Å². The first-order valence-electron chi connectivity index (χ1n) is 7.39. The van der Waals surface area contributed by atoms with Crippen LogP contribution < -0.4 is 0 Å². The number of aromatic amines is 1. The molecule has 7 heteroatoms. The number of carbonyl (C=O) groups excluding carboxylic acids is 2. The van der Waals surface area contributed by atoms with E-state index in [9.17, 15) is 9.59 Å². The van der Waals surface area contributed by atoms with Crippen molar-refractivity contribution < 1.29 is 14.0 Å². The Kier molecular flexibility index (Phi) is 2.99. The quantitative estimate of drug-likeness (QED) is 0.901. The summed E-state index contributed by atoms with van der Waals surface area (Å²) in [6.45, 7) is 1.11. The number of H-pyrrole nitrogens is 1. The van der Waals surface area contributed by atoms with Crippen LogP contribution in [0.5, 0.6) is 0 Å². The summed E-state index contributed by atoms with van der Waals surface area (Å²) in [6, 6.07) is 5.19. The molecule has 2 aromatic heterocycles. The summed E-state index contributed by atoms with van der Waals surface area (Å²) in [6.07, 6.45) is 4.92. The lowest BCUT2D eigenvalue weighted by atomic mass is 10.1. The second-order valence-electron chi connectivity index (χ2n) is 5.76. The molecule has 2 amide bonds. The fraction of sp³-hybridized carbons (Fsp3) is 0.400. The third-order valence-corrected chi connectivity index (χ3v) is 4.47. The molecule has 2 fully saturated rings. The standard InChI is InChI=1S/C15H16N4O3/c20-14(12-5-6-16-17-12)18-8-10-3-4-11(9-18)19(10)15(21)13-2-1-7-22-13/h1-2,5-7,10-11H,3-4,8-9H2,(H,16,17). The molecule has 0 aliphatic carbocycles. The van der Waals surface area contributed by atoms with Crippen molar-refractivity contribution >= 4 is 11.8 Å². The maximum atomic E-state index is 12.5. The van der Waals surface area contributed by atoms with Gasteiger partial charge in [-0.25, -0.2) is 0 Å². The lowest BCUT2D eigenvalue weighted by Crippen LogP contribution is -2.57. The molecule has 0 spiro atoms. The zero-order chi connectivity index (χ0) is 15.1. The van der Waals surface area contributed by atoms with Crippen LogP contribution in [0.15, 0.2) is 35.1 Å². The third kappa shape index (κ3) is 2.01. The molecule has 22 heavy (non-hydrogen) atoms. The van der Waals surface area contributed by atoms with Gasteiger partial charge in [0.1, 0.15) is 5.69 Å². The number of nitrogens with one attached hydrogen (secondary N) is 1. The highest BCUT2D eigenvalue weighted by atomic mass is 16.3. The van der Waals surface area contributed by atoms with Gasteiger partial charge in [-0.2, -0.15) is 5.10 Å². The van der Waals surface area contributed by atoms with Crippen LogP contribution in [0.2, 0.25) is 0 Å². The molecule has 1 N–H and O–H groups in total. The van der Waals surface area contributed by atoms with Crippen molar-refractivity contribution in [2.75, 3.05) is 13.1 Å². The molecule has 114 valence electrons. The summed E-state index contributed by atoms with van der Waals surface area (Å²) in [5.41, 5.74) is 0.491. The van der Waals surface area contributed by atoms with Crippen LogP contribution in [0.4, 0.5) is 0 Å². The number of aromatic nitrogens is 2. The Bertz CT molecular complexity index is 666. The fourth-order valence-corrected chi connectivity index (χ4v) is 3.47. The normalized spacial score (nSPS) is 23.8. The monoisotopic (exact) mass is 300 g/mol. The fourth-order valence-electron chi connectivity index (χ4n) is 3.47. The molecule has 2 unspecified atom stereocenters. The van der Waals surface area contributed by atoms with Crippen molar-refractivity contribution in [2.24, 2.45) is 0 Å². The van der Waals surface area contributed by atoms with Gasteiger partial charge >= 0.3 is 0 Å². The van der Waals surface area contributed by atoms with Crippen molar-refractivity contribution in [2.45, 2.75) is 24.9 Å². The van der Waals surface area contributed by atoms with E-state index in [1.54, 1.807) is 24.4 Å². The molecule has 2 bridgehead atoms.